The van der Waals surface area contributed by atoms with Crippen LogP contribution in [0.25, 0.3) is 11.1 Å². The van der Waals surface area contributed by atoms with Gasteiger partial charge in [0.1, 0.15) is 0 Å². The molecule has 0 aliphatic heterocycles. The van der Waals surface area contributed by atoms with E-state index in [-0.39, 0.29) is 0 Å². The van der Waals surface area contributed by atoms with Crippen molar-refractivity contribution >= 4 is 0 Å². The molecule has 0 unspecified atom stereocenters. The van der Waals surface area contributed by atoms with Crippen molar-refractivity contribution in [1.82, 2.24) is 5.32 Å². The molecule has 21 heavy (non-hydrogen) atoms. The molecule has 0 aliphatic carbocycles. The standard InChI is InChI=1S/C17H18F3N/c1-11-8-14(9-12(2)16(11)10-21-3)13-4-6-15(7-5-13)17(18,19)20/h4-9,21H,10H2,1-3H3. The first-order valence-corrected chi connectivity index (χ1v) is 6.75. The number of halogens is 3. The Balaban J connectivity index is 2.39. The molecule has 0 radical (unpaired) electrons. The Morgan fingerprint density at radius 2 is 1.43 bits per heavy atom. The van der Waals surface area contributed by atoms with Gasteiger partial charge in [0, 0.05) is 6.54 Å². The summed E-state index contributed by atoms with van der Waals surface area (Å²) < 4.78 is 37.7. The summed E-state index contributed by atoms with van der Waals surface area (Å²) in [6.07, 6.45) is -4.29. The van der Waals surface area contributed by atoms with Crippen LogP contribution in [0.15, 0.2) is 36.4 Å². The molecule has 0 aliphatic rings. The number of nitrogens with one attached hydrogen (secondary N) is 1. The van der Waals surface area contributed by atoms with Crippen LogP contribution in [-0.4, -0.2) is 7.05 Å². The molecule has 1 N–H and O–H groups in total. The molecule has 2 rings (SSSR count). The molecule has 0 heterocycles. The van der Waals surface area contributed by atoms with Crippen LogP contribution in [0.3, 0.4) is 0 Å². The zero-order chi connectivity index (χ0) is 15.6. The number of benzene rings is 2. The maximum Gasteiger partial charge on any atom is 0.416 e. The predicted octanol–water partition coefficient (Wildman–Crippen LogP) is 4.71. The fourth-order valence-electron chi connectivity index (χ4n) is 2.47. The second kappa shape index (κ2) is 5.90. The Morgan fingerprint density at radius 1 is 0.905 bits per heavy atom. The average Bonchev–Trinajstić information content (AvgIpc) is 2.42. The molecule has 4 heteroatoms. The maximum atomic E-state index is 12.6. The van der Waals surface area contributed by atoms with Gasteiger partial charge >= 0.3 is 6.18 Å². The van der Waals surface area contributed by atoms with E-state index in [1.165, 1.54) is 17.7 Å². The molecule has 0 fully saturated rings. The normalized spacial score (nSPS) is 11.7. The van der Waals surface area contributed by atoms with Crippen molar-refractivity contribution in [2.75, 3.05) is 7.05 Å². The van der Waals surface area contributed by atoms with Gasteiger partial charge in [-0.3, -0.25) is 0 Å². The zero-order valence-corrected chi connectivity index (χ0v) is 12.3. The summed E-state index contributed by atoms with van der Waals surface area (Å²) >= 11 is 0. The lowest BCUT2D eigenvalue weighted by Gasteiger charge is -2.13. The van der Waals surface area contributed by atoms with Crippen molar-refractivity contribution in [3.05, 3.63) is 58.7 Å². The van der Waals surface area contributed by atoms with Gasteiger partial charge in [-0.25, -0.2) is 0 Å². The van der Waals surface area contributed by atoms with Crippen LogP contribution in [0.4, 0.5) is 13.2 Å². The van der Waals surface area contributed by atoms with Crippen LogP contribution in [0.2, 0.25) is 0 Å². The second-order valence-electron chi connectivity index (χ2n) is 5.19. The fourth-order valence-corrected chi connectivity index (χ4v) is 2.47. The summed E-state index contributed by atoms with van der Waals surface area (Å²) in [7, 11) is 1.89. The van der Waals surface area contributed by atoms with E-state index in [9.17, 15) is 13.2 Å². The lowest BCUT2D eigenvalue weighted by atomic mass is 9.95. The molecule has 2 aromatic rings. The van der Waals surface area contributed by atoms with E-state index in [1.54, 1.807) is 0 Å². The third-order valence-corrected chi connectivity index (χ3v) is 3.60. The van der Waals surface area contributed by atoms with Crippen molar-refractivity contribution < 1.29 is 13.2 Å². The number of hydrogen-bond donors (Lipinski definition) is 1. The molecule has 0 saturated carbocycles. The monoisotopic (exact) mass is 293 g/mol. The molecular weight excluding hydrogens is 275 g/mol. The average molecular weight is 293 g/mol. The summed E-state index contributed by atoms with van der Waals surface area (Å²) in [5.74, 6) is 0. The molecule has 0 saturated heterocycles. The minimum absolute atomic E-state index is 0.619. The molecule has 0 atom stereocenters. The van der Waals surface area contributed by atoms with E-state index in [0.29, 0.717) is 0 Å². The Bertz CT molecular complexity index is 604. The van der Waals surface area contributed by atoms with Gasteiger partial charge in [0.05, 0.1) is 5.56 Å². The van der Waals surface area contributed by atoms with Crippen molar-refractivity contribution in [2.45, 2.75) is 26.6 Å². The van der Waals surface area contributed by atoms with Crippen molar-refractivity contribution in [3.8, 4) is 11.1 Å². The lowest BCUT2D eigenvalue weighted by molar-refractivity contribution is -0.137. The third kappa shape index (κ3) is 3.45. The van der Waals surface area contributed by atoms with Crippen LogP contribution in [-0.2, 0) is 12.7 Å². The SMILES string of the molecule is CNCc1c(C)cc(-c2ccc(C(F)(F)F)cc2)cc1C. The highest BCUT2D eigenvalue weighted by molar-refractivity contribution is 5.66. The van der Waals surface area contributed by atoms with Gasteiger partial charge < -0.3 is 5.32 Å². The number of rotatable bonds is 3. The smallest absolute Gasteiger partial charge is 0.316 e. The van der Waals surface area contributed by atoms with Gasteiger partial charge in [-0.15, -0.1) is 0 Å². The quantitative estimate of drug-likeness (QED) is 0.864. The van der Waals surface area contributed by atoms with Crippen LogP contribution >= 0.6 is 0 Å². The van der Waals surface area contributed by atoms with E-state index in [2.05, 4.69) is 5.32 Å². The van der Waals surface area contributed by atoms with Gasteiger partial charge in [-0.1, -0.05) is 24.3 Å². The Labute approximate surface area is 122 Å². The number of alkyl halides is 3. The van der Waals surface area contributed by atoms with Crippen LogP contribution in [0.5, 0.6) is 0 Å². The summed E-state index contributed by atoms with van der Waals surface area (Å²) in [6, 6.07) is 9.33. The summed E-state index contributed by atoms with van der Waals surface area (Å²) in [5.41, 5.74) is 4.63. The minimum atomic E-state index is -4.29. The van der Waals surface area contributed by atoms with Crippen molar-refractivity contribution in [2.24, 2.45) is 0 Å². The zero-order valence-electron chi connectivity index (χ0n) is 12.3. The second-order valence-corrected chi connectivity index (χ2v) is 5.19. The Kier molecular flexibility index (Phi) is 4.37. The highest BCUT2D eigenvalue weighted by Crippen LogP contribution is 2.31. The first kappa shape index (κ1) is 15.6. The molecule has 0 amide bonds. The van der Waals surface area contributed by atoms with E-state index < -0.39 is 11.7 Å². The highest BCUT2D eigenvalue weighted by atomic mass is 19.4. The van der Waals surface area contributed by atoms with Gasteiger partial charge in [0.15, 0.2) is 0 Å². The summed E-state index contributed by atoms with van der Waals surface area (Å²) in [4.78, 5) is 0. The van der Waals surface area contributed by atoms with Crippen LogP contribution < -0.4 is 5.32 Å². The van der Waals surface area contributed by atoms with Crippen LogP contribution in [0, 0.1) is 13.8 Å². The first-order valence-electron chi connectivity index (χ1n) is 6.75. The molecule has 0 bridgehead atoms. The Hall–Kier alpha value is -1.81. The number of hydrogen-bond acceptors (Lipinski definition) is 1. The van der Waals surface area contributed by atoms with Gasteiger partial charge in [-0.2, -0.15) is 13.2 Å². The summed E-state index contributed by atoms with van der Waals surface area (Å²) in [6.45, 7) is 4.82. The van der Waals surface area contributed by atoms with E-state index in [0.717, 1.165) is 40.9 Å². The van der Waals surface area contributed by atoms with E-state index in [4.69, 9.17) is 0 Å². The first-order chi connectivity index (χ1) is 9.82. The predicted molar refractivity (Wildman–Crippen MR) is 79.1 cm³/mol. The third-order valence-electron chi connectivity index (χ3n) is 3.60. The molecule has 0 aromatic heterocycles. The van der Waals surface area contributed by atoms with Gasteiger partial charge in [-0.05, 0) is 60.8 Å². The van der Waals surface area contributed by atoms with Crippen LogP contribution in [0.1, 0.15) is 22.3 Å². The molecule has 1 nitrogen and oxygen atoms in total. The number of aryl methyl sites for hydroxylation is 2. The van der Waals surface area contributed by atoms with E-state index >= 15 is 0 Å². The van der Waals surface area contributed by atoms with Crippen molar-refractivity contribution in [3.63, 3.8) is 0 Å². The Morgan fingerprint density at radius 3 is 1.86 bits per heavy atom. The molecular formula is C17H18F3N. The molecule has 112 valence electrons. The largest absolute Gasteiger partial charge is 0.416 e. The maximum absolute atomic E-state index is 12.6. The van der Waals surface area contributed by atoms with Gasteiger partial charge in [0.25, 0.3) is 0 Å². The lowest BCUT2D eigenvalue weighted by Crippen LogP contribution is -2.08. The van der Waals surface area contributed by atoms with Gasteiger partial charge in [0.2, 0.25) is 0 Å². The van der Waals surface area contributed by atoms with Crippen molar-refractivity contribution in [1.29, 1.82) is 0 Å². The summed E-state index contributed by atoms with van der Waals surface area (Å²) in [5, 5.41) is 3.12. The molecule has 2 aromatic carbocycles. The molecule has 0 spiro atoms. The van der Waals surface area contributed by atoms with E-state index in [1.807, 2.05) is 33.0 Å². The fraction of sp³-hybridized carbons (Fsp3) is 0.294. The topological polar surface area (TPSA) is 12.0 Å². The minimum Gasteiger partial charge on any atom is -0.316 e. The highest BCUT2D eigenvalue weighted by Gasteiger charge is 2.29.